The number of allylic oxidation sites excluding steroid dienone is 1. The van der Waals surface area contributed by atoms with Crippen LogP contribution < -0.4 is 4.90 Å². The smallest absolute Gasteiger partial charge is 0.252 e. The fraction of sp³-hybridized carbons (Fsp3) is 0.364. The number of aromatic nitrogens is 1. The number of aromatic hydroxyl groups is 2. The van der Waals surface area contributed by atoms with Gasteiger partial charge in [-0.25, -0.2) is 4.98 Å². The van der Waals surface area contributed by atoms with Crippen LogP contribution in [0.3, 0.4) is 0 Å². The summed E-state index contributed by atoms with van der Waals surface area (Å²) in [6.07, 6.45) is 9.40. The molecule has 1 fully saturated rings. The predicted molar refractivity (Wildman–Crippen MR) is 106 cm³/mol. The third-order valence-electron chi connectivity index (χ3n) is 4.97. The molecule has 0 bridgehead atoms. The highest BCUT2D eigenvalue weighted by Gasteiger charge is 2.26. The molecule has 1 saturated carbocycles. The number of hydrogen-bond acceptors (Lipinski definition) is 4. The van der Waals surface area contributed by atoms with E-state index in [1.54, 1.807) is 18.3 Å². The van der Waals surface area contributed by atoms with Crippen molar-refractivity contribution in [2.75, 3.05) is 4.90 Å². The zero-order chi connectivity index (χ0) is 19.2. The second-order valence-electron chi connectivity index (χ2n) is 7.18. The molecule has 2 N–H and O–H groups in total. The van der Waals surface area contributed by atoms with Crippen molar-refractivity contribution in [3.63, 3.8) is 0 Å². The minimum Gasteiger partial charge on any atom is -0.504 e. The summed E-state index contributed by atoms with van der Waals surface area (Å²) in [5, 5.41) is 19.1. The number of anilines is 1. The molecular weight excluding hydrogens is 340 g/mol. The van der Waals surface area contributed by atoms with E-state index in [9.17, 15) is 15.0 Å². The molecular formula is C22H26N2O3. The van der Waals surface area contributed by atoms with Crippen molar-refractivity contribution in [2.45, 2.75) is 51.5 Å². The van der Waals surface area contributed by atoms with Gasteiger partial charge in [-0.3, -0.25) is 9.69 Å². The summed E-state index contributed by atoms with van der Waals surface area (Å²) in [5.41, 5.74) is 1.73. The highest BCUT2D eigenvalue weighted by molar-refractivity contribution is 6.01. The quantitative estimate of drug-likeness (QED) is 0.609. The Bertz CT molecular complexity index is 812. The van der Waals surface area contributed by atoms with Crippen LogP contribution in [0.15, 0.2) is 54.2 Å². The van der Waals surface area contributed by atoms with Gasteiger partial charge in [0.25, 0.3) is 5.91 Å². The summed E-state index contributed by atoms with van der Waals surface area (Å²) in [6, 6.07) is 10.5. The first-order valence-electron chi connectivity index (χ1n) is 9.47. The van der Waals surface area contributed by atoms with E-state index in [0.717, 1.165) is 36.8 Å². The van der Waals surface area contributed by atoms with Gasteiger partial charge in [0.15, 0.2) is 11.5 Å². The van der Waals surface area contributed by atoms with Gasteiger partial charge in [0.05, 0.1) is 0 Å². The van der Waals surface area contributed by atoms with Crippen LogP contribution in [0.1, 0.15) is 44.6 Å². The van der Waals surface area contributed by atoms with Crippen molar-refractivity contribution in [1.29, 1.82) is 0 Å². The molecule has 0 radical (unpaired) electrons. The van der Waals surface area contributed by atoms with Gasteiger partial charge in [-0.15, -0.1) is 0 Å². The molecule has 1 aromatic heterocycles. The molecule has 0 unspecified atom stereocenters. The van der Waals surface area contributed by atoms with Crippen LogP contribution in [0.4, 0.5) is 5.82 Å². The van der Waals surface area contributed by atoms with Crippen LogP contribution in [0.25, 0.3) is 0 Å². The highest BCUT2D eigenvalue weighted by atomic mass is 16.3. The van der Waals surface area contributed by atoms with Gasteiger partial charge in [-0.2, -0.15) is 0 Å². The Morgan fingerprint density at radius 2 is 1.93 bits per heavy atom. The summed E-state index contributed by atoms with van der Waals surface area (Å²) >= 11 is 0. The van der Waals surface area contributed by atoms with Gasteiger partial charge < -0.3 is 10.2 Å². The van der Waals surface area contributed by atoms with Gasteiger partial charge >= 0.3 is 0 Å². The SMILES string of the molecule is C/C(=C/C(=O)N(c1ccccn1)C1CCCCC1)Cc1ccc(O)c(O)c1. The molecule has 1 aliphatic rings. The predicted octanol–water partition coefficient (Wildman–Crippen LogP) is 4.35. The van der Waals surface area contributed by atoms with Gasteiger partial charge in [0.2, 0.25) is 0 Å². The van der Waals surface area contributed by atoms with Crippen LogP contribution in [-0.4, -0.2) is 27.1 Å². The van der Waals surface area contributed by atoms with Crippen LogP contribution in [0.2, 0.25) is 0 Å². The average Bonchev–Trinajstić information content (AvgIpc) is 2.66. The van der Waals surface area contributed by atoms with Crippen LogP contribution in [0.5, 0.6) is 11.5 Å². The Morgan fingerprint density at radius 3 is 2.59 bits per heavy atom. The lowest BCUT2D eigenvalue weighted by Gasteiger charge is -2.33. The molecule has 1 amide bonds. The maximum absolute atomic E-state index is 13.1. The minimum absolute atomic E-state index is 0.0545. The zero-order valence-corrected chi connectivity index (χ0v) is 15.6. The lowest BCUT2D eigenvalue weighted by Crippen LogP contribution is -2.41. The Kier molecular flexibility index (Phi) is 6.12. The molecule has 5 nitrogen and oxygen atoms in total. The maximum atomic E-state index is 13.1. The van der Waals surface area contributed by atoms with Crippen molar-refractivity contribution < 1.29 is 15.0 Å². The van der Waals surface area contributed by atoms with Gasteiger partial charge in [0.1, 0.15) is 5.82 Å². The molecule has 0 atom stereocenters. The van der Waals surface area contributed by atoms with Crippen LogP contribution >= 0.6 is 0 Å². The minimum atomic E-state index is -0.149. The summed E-state index contributed by atoms with van der Waals surface area (Å²) in [6.45, 7) is 1.90. The number of rotatable bonds is 5. The first-order valence-corrected chi connectivity index (χ1v) is 9.47. The van der Waals surface area contributed by atoms with Gasteiger partial charge in [-0.05, 0) is 56.0 Å². The Balaban J connectivity index is 1.80. The molecule has 2 aromatic rings. The lowest BCUT2D eigenvalue weighted by atomic mass is 9.94. The van der Waals surface area contributed by atoms with E-state index in [0.29, 0.717) is 12.2 Å². The standard InChI is InChI=1S/C22H26N2O3/c1-16(13-17-10-11-19(25)20(26)15-17)14-22(27)24(18-7-3-2-4-8-18)21-9-5-6-12-23-21/h5-6,9-12,14-15,18,25-26H,2-4,7-8,13H2,1H3/b16-14-. The molecule has 0 aliphatic heterocycles. The van der Waals surface area contributed by atoms with E-state index in [-0.39, 0.29) is 23.4 Å². The van der Waals surface area contributed by atoms with E-state index in [1.165, 1.54) is 18.6 Å². The molecule has 1 aromatic carbocycles. The van der Waals surface area contributed by atoms with E-state index >= 15 is 0 Å². The number of amides is 1. The number of carbonyl (C=O) groups excluding carboxylic acids is 1. The normalized spacial score (nSPS) is 15.5. The summed E-state index contributed by atoms with van der Waals surface area (Å²) in [7, 11) is 0. The van der Waals surface area contributed by atoms with Crippen LogP contribution in [0, 0.1) is 0 Å². The third-order valence-corrected chi connectivity index (χ3v) is 4.97. The van der Waals surface area contributed by atoms with Crippen molar-refractivity contribution in [1.82, 2.24) is 4.98 Å². The van der Waals surface area contributed by atoms with E-state index in [4.69, 9.17) is 0 Å². The number of carbonyl (C=O) groups is 1. The second kappa shape index (κ2) is 8.71. The first kappa shape index (κ1) is 19.0. The van der Waals surface area contributed by atoms with Crippen molar-refractivity contribution >= 4 is 11.7 Å². The number of phenols is 2. The topological polar surface area (TPSA) is 73.7 Å². The van der Waals surface area contributed by atoms with Crippen molar-refractivity contribution in [3.05, 3.63) is 59.8 Å². The molecule has 3 rings (SSSR count). The first-order chi connectivity index (χ1) is 13.0. The second-order valence-corrected chi connectivity index (χ2v) is 7.18. The Labute approximate surface area is 160 Å². The Hall–Kier alpha value is -2.82. The van der Waals surface area contributed by atoms with Gasteiger partial charge in [-0.1, -0.05) is 37.0 Å². The molecule has 0 saturated heterocycles. The average molecular weight is 366 g/mol. The molecule has 142 valence electrons. The Morgan fingerprint density at radius 1 is 1.15 bits per heavy atom. The molecule has 1 aliphatic carbocycles. The molecule has 5 heteroatoms. The van der Waals surface area contributed by atoms with E-state index in [1.807, 2.05) is 30.0 Å². The summed E-state index contributed by atoms with van der Waals surface area (Å²) < 4.78 is 0. The summed E-state index contributed by atoms with van der Waals surface area (Å²) in [4.78, 5) is 19.3. The maximum Gasteiger partial charge on any atom is 0.252 e. The number of pyridine rings is 1. The largest absolute Gasteiger partial charge is 0.504 e. The van der Waals surface area contributed by atoms with Gasteiger partial charge in [0, 0.05) is 18.3 Å². The number of nitrogens with zero attached hydrogens (tertiary/aromatic N) is 2. The summed E-state index contributed by atoms with van der Waals surface area (Å²) in [5.74, 6) is 0.348. The zero-order valence-electron chi connectivity index (χ0n) is 15.6. The number of benzene rings is 1. The molecule has 27 heavy (non-hydrogen) atoms. The lowest BCUT2D eigenvalue weighted by molar-refractivity contribution is -0.114. The monoisotopic (exact) mass is 366 g/mol. The van der Waals surface area contributed by atoms with E-state index in [2.05, 4.69) is 4.98 Å². The number of phenolic OH excluding ortho intramolecular Hbond substituents is 2. The highest BCUT2D eigenvalue weighted by Crippen LogP contribution is 2.28. The number of hydrogen-bond donors (Lipinski definition) is 2. The molecule has 1 heterocycles. The van der Waals surface area contributed by atoms with Crippen molar-refractivity contribution in [2.24, 2.45) is 0 Å². The third kappa shape index (κ3) is 4.88. The van der Waals surface area contributed by atoms with Crippen LogP contribution in [-0.2, 0) is 11.2 Å². The fourth-order valence-corrected chi connectivity index (χ4v) is 3.65. The van der Waals surface area contributed by atoms with E-state index < -0.39 is 0 Å². The van der Waals surface area contributed by atoms with Crippen molar-refractivity contribution in [3.8, 4) is 11.5 Å². The molecule has 0 spiro atoms. The fourth-order valence-electron chi connectivity index (χ4n) is 3.65.